The molecule has 0 unspecified atom stereocenters. The number of carboxylic acids is 1. The van der Waals surface area contributed by atoms with Gasteiger partial charge in [-0.2, -0.15) is 26.3 Å². The van der Waals surface area contributed by atoms with E-state index in [0.717, 1.165) is 40.5 Å². The van der Waals surface area contributed by atoms with Crippen LogP contribution in [0.25, 0.3) is 21.1 Å². The Kier molecular flexibility index (Phi) is 8.40. The van der Waals surface area contributed by atoms with Gasteiger partial charge in [-0.3, -0.25) is 0 Å². The van der Waals surface area contributed by atoms with E-state index in [0.29, 0.717) is 32.5 Å². The first-order valence-electron chi connectivity index (χ1n) is 10.3. The maximum Gasteiger partial charge on any atom is 0.416 e. The second-order valence-corrected chi connectivity index (χ2v) is 9.66. The molecule has 2 N–H and O–H groups in total. The number of nitrogens with zero attached hydrogens (tertiary/aromatic N) is 2. The minimum Gasteiger partial charge on any atom is -0.477 e. The van der Waals surface area contributed by atoms with E-state index in [1.165, 1.54) is 35.6 Å². The minimum absolute atomic E-state index is 0.0925. The summed E-state index contributed by atoms with van der Waals surface area (Å²) in [5, 5.41) is 19.0. The Labute approximate surface area is 214 Å². The maximum atomic E-state index is 12.4. The summed E-state index contributed by atoms with van der Waals surface area (Å²) >= 11 is 2.23. The Morgan fingerprint density at radius 1 is 0.757 bits per heavy atom. The fourth-order valence-corrected chi connectivity index (χ4v) is 4.86. The zero-order valence-corrected chi connectivity index (χ0v) is 20.7. The molecule has 0 aliphatic heterocycles. The van der Waals surface area contributed by atoms with E-state index in [1.54, 1.807) is 13.8 Å². The van der Waals surface area contributed by atoms with Gasteiger partial charge in [0.1, 0.15) is 14.9 Å². The zero-order chi connectivity index (χ0) is 27.5. The summed E-state index contributed by atoms with van der Waals surface area (Å²) in [4.78, 5) is 20.0. The molecule has 0 saturated carbocycles. The molecule has 4 aromatic rings. The molecule has 0 radical (unpaired) electrons. The van der Waals surface area contributed by atoms with Gasteiger partial charge in [-0.25, -0.2) is 14.8 Å². The van der Waals surface area contributed by atoms with Crippen LogP contribution in [0.1, 0.15) is 37.1 Å². The molecular weight excluding hydrogens is 542 g/mol. The SMILES string of the molecule is Cc1nc(-c2ccc(C(F)(F)F)cc2)sc1C(=O)O.Cc1nc(-c2ccc(C(F)(F)F)cc2)sc1CO. The molecule has 0 saturated heterocycles. The first kappa shape index (κ1) is 28.3. The second-order valence-electron chi connectivity index (χ2n) is 7.57. The summed E-state index contributed by atoms with van der Waals surface area (Å²) in [5.74, 6) is -1.09. The number of aryl methyl sites for hydroxylation is 2. The van der Waals surface area contributed by atoms with Crippen LogP contribution in [0.3, 0.4) is 0 Å². The van der Waals surface area contributed by atoms with Crippen LogP contribution >= 0.6 is 22.7 Å². The number of thiazole rings is 2. The van der Waals surface area contributed by atoms with Crippen molar-refractivity contribution in [2.45, 2.75) is 32.8 Å². The highest BCUT2D eigenvalue weighted by atomic mass is 32.1. The normalized spacial score (nSPS) is 11.7. The molecule has 0 fully saturated rings. The lowest BCUT2D eigenvalue weighted by atomic mass is 10.1. The average Bonchev–Trinajstić information content (AvgIpc) is 3.41. The van der Waals surface area contributed by atoms with E-state index < -0.39 is 29.4 Å². The number of benzene rings is 2. The summed E-state index contributed by atoms with van der Waals surface area (Å²) in [6, 6.07) is 9.32. The van der Waals surface area contributed by atoms with Gasteiger partial charge in [-0.1, -0.05) is 24.3 Å². The van der Waals surface area contributed by atoms with Gasteiger partial charge in [-0.05, 0) is 38.1 Å². The highest BCUT2D eigenvalue weighted by Crippen LogP contribution is 2.34. The summed E-state index contributed by atoms with van der Waals surface area (Å²) in [6.45, 7) is 3.20. The molecule has 13 heteroatoms. The number of carbonyl (C=O) groups is 1. The number of alkyl halides is 6. The van der Waals surface area contributed by atoms with Crippen LogP contribution in [0.5, 0.6) is 0 Å². The van der Waals surface area contributed by atoms with Gasteiger partial charge >= 0.3 is 18.3 Å². The lowest BCUT2D eigenvalue weighted by Crippen LogP contribution is -2.03. The number of rotatable bonds is 4. The Morgan fingerprint density at radius 3 is 1.49 bits per heavy atom. The number of aromatic nitrogens is 2. The Balaban J connectivity index is 0.000000206. The molecule has 0 bridgehead atoms. The molecule has 0 aliphatic carbocycles. The van der Waals surface area contributed by atoms with Crippen LogP contribution in [-0.2, 0) is 19.0 Å². The van der Waals surface area contributed by atoms with E-state index in [9.17, 15) is 31.1 Å². The fourth-order valence-electron chi connectivity index (χ4n) is 3.02. The molecule has 2 aromatic carbocycles. The van der Waals surface area contributed by atoms with Gasteiger partial charge in [0.05, 0.1) is 34.0 Å². The summed E-state index contributed by atoms with van der Waals surface area (Å²) in [6.07, 6.45) is -8.71. The third-order valence-corrected chi connectivity index (χ3v) is 7.33. The predicted molar refractivity (Wildman–Crippen MR) is 127 cm³/mol. The minimum atomic E-state index is -4.39. The number of aliphatic hydroxyl groups is 1. The van der Waals surface area contributed by atoms with Crippen molar-refractivity contribution in [2.75, 3.05) is 0 Å². The van der Waals surface area contributed by atoms with Crippen molar-refractivity contribution in [1.82, 2.24) is 9.97 Å². The molecule has 196 valence electrons. The van der Waals surface area contributed by atoms with Crippen LogP contribution in [0.15, 0.2) is 48.5 Å². The van der Waals surface area contributed by atoms with Crippen LogP contribution < -0.4 is 0 Å². The first-order valence-corrected chi connectivity index (χ1v) is 12.0. The zero-order valence-electron chi connectivity index (χ0n) is 19.1. The summed E-state index contributed by atoms with van der Waals surface area (Å²) in [5.41, 5.74) is 0.721. The van der Waals surface area contributed by atoms with E-state index in [4.69, 9.17) is 10.2 Å². The van der Waals surface area contributed by atoms with Crippen molar-refractivity contribution in [3.8, 4) is 21.1 Å². The molecule has 0 atom stereocenters. The molecular formula is C24H18F6N2O3S2. The molecule has 0 amide bonds. The van der Waals surface area contributed by atoms with E-state index >= 15 is 0 Å². The van der Waals surface area contributed by atoms with Crippen LogP contribution in [-0.4, -0.2) is 26.2 Å². The molecule has 0 spiro atoms. The Morgan fingerprint density at radius 2 is 1.16 bits per heavy atom. The quantitative estimate of drug-likeness (QED) is 0.253. The third-order valence-electron chi connectivity index (χ3n) is 4.95. The lowest BCUT2D eigenvalue weighted by Gasteiger charge is -2.06. The van der Waals surface area contributed by atoms with E-state index in [2.05, 4.69) is 9.97 Å². The van der Waals surface area contributed by atoms with Crippen LogP contribution in [0.4, 0.5) is 26.3 Å². The van der Waals surface area contributed by atoms with Gasteiger partial charge in [-0.15, -0.1) is 22.7 Å². The highest BCUT2D eigenvalue weighted by molar-refractivity contribution is 7.17. The number of aliphatic hydroxyl groups excluding tert-OH is 1. The van der Waals surface area contributed by atoms with E-state index in [-0.39, 0.29) is 11.5 Å². The van der Waals surface area contributed by atoms with Gasteiger partial charge in [0.2, 0.25) is 0 Å². The van der Waals surface area contributed by atoms with Crippen molar-refractivity contribution in [3.05, 3.63) is 80.8 Å². The third kappa shape index (κ3) is 6.93. The van der Waals surface area contributed by atoms with Crippen molar-refractivity contribution in [1.29, 1.82) is 0 Å². The largest absolute Gasteiger partial charge is 0.477 e. The number of hydrogen-bond acceptors (Lipinski definition) is 6. The average molecular weight is 561 g/mol. The van der Waals surface area contributed by atoms with Gasteiger partial charge in [0.25, 0.3) is 0 Å². The predicted octanol–water partition coefficient (Wildman–Crippen LogP) is 7.47. The molecule has 4 rings (SSSR count). The summed E-state index contributed by atoms with van der Waals surface area (Å²) in [7, 11) is 0. The number of aromatic carboxylic acids is 1. The van der Waals surface area contributed by atoms with E-state index in [1.807, 2.05) is 0 Å². The molecule has 5 nitrogen and oxygen atoms in total. The number of hydrogen-bond donors (Lipinski definition) is 2. The van der Waals surface area contributed by atoms with Gasteiger partial charge in [0.15, 0.2) is 0 Å². The summed E-state index contributed by atoms with van der Waals surface area (Å²) < 4.78 is 74.4. The van der Waals surface area contributed by atoms with Crippen molar-refractivity contribution in [3.63, 3.8) is 0 Å². The standard InChI is InChI=1S/C12H8F3NO2S.C12H10F3NOS/c1-6-9(11(17)18)19-10(16-6)7-2-4-8(5-3-7)12(13,14)15;1-7-10(6-17)18-11(16-7)8-2-4-9(5-3-8)12(13,14)15/h2-5H,1H3,(H,17,18);2-5,17H,6H2,1H3. The van der Waals surface area contributed by atoms with Crippen molar-refractivity contribution < 1.29 is 41.4 Å². The number of halogens is 6. The lowest BCUT2D eigenvalue weighted by molar-refractivity contribution is -0.138. The second kappa shape index (κ2) is 11.0. The first-order chi connectivity index (χ1) is 17.2. The smallest absolute Gasteiger partial charge is 0.416 e. The fraction of sp³-hybridized carbons (Fsp3) is 0.208. The molecule has 2 heterocycles. The molecule has 2 aromatic heterocycles. The maximum absolute atomic E-state index is 12.4. The monoisotopic (exact) mass is 560 g/mol. The Hall–Kier alpha value is -3.29. The molecule has 37 heavy (non-hydrogen) atoms. The highest BCUT2D eigenvalue weighted by Gasteiger charge is 2.31. The van der Waals surface area contributed by atoms with Crippen LogP contribution in [0, 0.1) is 13.8 Å². The van der Waals surface area contributed by atoms with Crippen molar-refractivity contribution in [2.24, 2.45) is 0 Å². The molecule has 0 aliphatic rings. The van der Waals surface area contributed by atoms with Gasteiger partial charge < -0.3 is 10.2 Å². The van der Waals surface area contributed by atoms with Crippen molar-refractivity contribution >= 4 is 28.6 Å². The topological polar surface area (TPSA) is 83.3 Å². The Bertz CT molecular complexity index is 1380. The van der Waals surface area contributed by atoms with Gasteiger partial charge in [0, 0.05) is 11.1 Å². The number of carboxylic acid groups (broad SMARTS) is 1. The van der Waals surface area contributed by atoms with Crippen LogP contribution in [0.2, 0.25) is 0 Å².